The van der Waals surface area contributed by atoms with E-state index in [1.165, 1.54) is 25.8 Å². The molecular formula is C22H22ClN5O3S. The summed E-state index contributed by atoms with van der Waals surface area (Å²) in [5.41, 5.74) is 2.03. The molecule has 10 heteroatoms. The highest BCUT2D eigenvalue weighted by Gasteiger charge is 2.31. The van der Waals surface area contributed by atoms with Crippen molar-refractivity contribution in [2.75, 3.05) is 23.5 Å². The Kier molecular flexibility index (Phi) is 6.66. The molecule has 8 nitrogen and oxygen atoms in total. The van der Waals surface area contributed by atoms with E-state index < -0.39 is 0 Å². The Balaban J connectivity index is 1.53. The molecule has 1 aliphatic rings. The first-order valence-electron chi connectivity index (χ1n) is 10.0. The minimum Gasteiger partial charge on any atom is -0.495 e. The number of benzene rings is 2. The van der Waals surface area contributed by atoms with Crippen LogP contribution in [0.3, 0.4) is 0 Å². The zero-order valence-electron chi connectivity index (χ0n) is 17.6. The SMILES string of the molecule is COc1ccc(Cl)cc1NC(=O)CSc1nnc(C2CC2)n1-c1cccc(NC(C)=O)c1. The molecule has 32 heavy (non-hydrogen) atoms. The topological polar surface area (TPSA) is 98.1 Å². The summed E-state index contributed by atoms with van der Waals surface area (Å²) in [7, 11) is 1.53. The second-order valence-corrected chi connectivity index (χ2v) is 8.74. The van der Waals surface area contributed by atoms with E-state index in [9.17, 15) is 9.59 Å². The predicted octanol–water partition coefficient (Wildman–Crippen LogP) is 4.50. The molecule has 0 aliphatic heterocycles. The van der Waals surface area contributed by atoms with E-state index in [1.807, 2.05) is 28.8 Å². The molecule has 1 aliphatic carbocycles. The minimum absolute atomic E-state index is 0.129. The molecule has 2 N–H and O–H groups in total. The van der Waals surface area contributed by atoms with Crippen molar-refractivity contribution < 1.29 is 14.3 Å². The maximum Gasteiger partial charge on any atom is 0.234 e. The molecule has 0 unspecified atom stereocenters. The molecule has 0 spiro atoms. The third-order valence-electron chi connectivity index (χ3n) is 4.79. The summed E-state index contributed by atoms with van der Waals surface area (Å²) in [4.78, 5) is 24.1. The average molecular weight is 472 g/mol. The Labute approximate surface area is 194 Å². The van der Waals surface area contributed by atoms with Gasteiger partial charge in [0.05, 0.1) is 24.2 Å². The fourth-order valence-corrected chi connectivity index (χ4v) is 4.17. The van der Waals surface area contributed by atoms with E-state index in [1.54, 1.807) is 18.2 Å². The molecule has 1 saturated carbocycles. The lowest BCUT2D eigenvalue weighted by Gasteiger charge is -2.12. The van der Waals surface area contributed by atoms with Crippen molar-refractivity contribution in [2.45, 2.75) is 30.8 Å². The van der Waals surface area contributed by atoms with Gasteiger partial charge in [0, 0.05) is 23.6 Å². The summed E-state index contributed by atoms with van der Waals surface area (Å²) in [5, 5.41) is 15.5. The maximum atomic E-state index is 12.6. The van der Waals surface area contributed by atoms with Gasteiger partial charge >= 0.3 is 0 Å². The first-order valence-corrected chi connectivity index (χ1v) is 11.4. The molecule has 1 heterocycles. The van der Waals surface area contributed by atoms with Crippen LogP contribution in [0.1, 0.15) is 31.5 Å². The van der Waals surface area contributed by atoms with Crippen molar-refractivity contribution in [2.24, 2.45) is 0 Å². The number of nitrogens with zero attached hydrogens (tertiary/aromatic N) is 3. The van der Waals surface area contributed by atoms with Crippen molar-refractivity contribution in [1.29, 1.82) is 0 Å². The first-order chi connectivity index (χ1) is 15.4. The van der Waals surface area contributed by atoms with Crippen LogP contribution in [0, 0.1) is 0 Å². The Bertz CT molecular complexity index is 1160. The van der Waals surface area contributed by atoms with Gasteiger partial charge in [-0.1, -0.05) is 29.4 Å². The number of carbonyl (C=O) groups excluding carboxylic acids is 2. The number of hydrogen-bond acceptors (Lipinski definition) is 6. The highest BCUT2D eigenvalue weighted by Crippen LogP contribution is 2.41. The van der Waals surface area contributed by atoms with Gasteiger partial charge < -0.3 is 15.4 Å². The van der Waals surface area contributed by atoms with E-state index >= 15 is 0 Å². The Morgan fingerprint density at radius 1 is 1.19 bits per heavy atom. The molecule has 0 atom stereocenters. The van der Waals surface area contributed by atoms with E-state index in [0.29, 0.717) is 33.2 Å². The van der Waals surface area contributed by atoms with E-state index in [2.05, 4.69) is 20.8 Å². The lowest BCUT2D eigenvalue weighted by molar-refractivity contribution is -0.114. The number of methoxy groups -OCH3 is 1. The van der Waals surface area contributed by atoms with Crippen LogP contribution in [0.4, 0.5) is 11.4 Å². The Morgan fingerprint density at radius 3 is 2.72 bits per heavy atom. The fourth-order valence-electron chi connectivity index (χ4n) is 3.24. The van der Waals surface area contributed by atoms with Crippen LogP contribution in [-0.2, 0) is 9.59 Å². The second-order valence-electron chi connectivity index (χ2n) is 7.36. The number of anilines is 2. The quantitative estimate of drug-likeness (QED) is 0.469. The number of hydrogen-bond donors (Lipinski definition) is 2. The van der Waals surface area contributed by atoms with Gasteiger partial charge in [-0.25, -0.2) is 0 Å². The molecule has 0 radical (unpaired) electrons. The summed E-state index contributed by atoms with van der Waals surface area (Å²) in [6.45, 7) is 1.47. The molecule has 3 aromatic rings. The van der Waals surface area contributed by atoms with Crippen LogP contribution >= 0.6 is 23.4 Å². The van der Waals surface area contributed by atoms with Gasteiger partial charge in [0.15, 0.2) is 5.16 Å². The Morgan fingerprint density at radius 2 is 2.00 bits per heavy atom. The molecule has 2 amide bonds. The number of amides is 2. The minimum atomic E-state index is -0.218. The lowest BCUT2D eigenvalue weighted by atomic mass is 10.2. The summed E-state index contributed by atoms with van der Waals surface area (Å²) >= 11 is 7.33. The Hall–Kier alpha value is -3.04. The van der Waals surface area contributed by atoms with Crippen LogP contribution in [0.25, 0.3) is 5.69 Å². The van der Waals surface area contributed by atoms with Gasteiger partial charge in [0.25, 0.3) is 0 Å². The van der Waals surface area contributed by atoms with Gasteiger partial charge in [0.2, 0.25) is 11.8 Å². The molecule has 0 saturated heterocycles. The van der Waals surface area contributed by atoms with Crippen LogP contribution in [-0.4, -0.2) is 39.4 Å². The van der Waals surface area contributed by atoms with Gasteiger partial charge in [-0.15, -0.1) is 10.2 Å². The molecule has 1 aromatic heterocycles. The van der Waals surface area contributed by atoms with Crippen molar-refractivity contribution in [3.8, 4) is 11.4 Å². The summed E-state index contributed by atoms with van der Waals surface area (Å²) in [6.07, 6.45) is 2.12. The first kappa shape index (κ1) is 22.2. The highest BCUT2D eigenvalue weighted by molar-refractivity contribution is 7.99. The second kappa shape index (κ2) is 9.62. The third kappa shape index (κ3) is 5.23. The van der Waals surface area contributed by atoms with Crippen LogP contribution < -0.4 is 15.4 Å². The fraction of sp³-hybridized carbons (Fsp3) is 0.273. The normalized spacial score (nSPS) is 13.0. The van der Waals surface area contributed by atoms with E-state index in [0.717, 1.165) is 24.4 Å². The largest absolute Gasteiger partial charge is 0.495 e. The maximum absolute atomic E-state index is 12.6. The van der Waals surface area contributed by atoms with Crippen LogP contribution in [0.5, 0.6) is 5.75 Å². The van der Waals surface area contributed by atoms with Crippen molar-refractivity contribution >= 4 is 46.6 Å². The molecule has 4 rings (SSSR count). The molecule has 0 bridgehead atoms. The number of thioether (sulfide) groups is 1. The number of halogens is 1. The van der Waals surface area contributed by atoms with Gasteiger partial charge in [-0.3, -0.25) is 14.2 Å². The zero-order valence-corrected chi connectivity index (χ0v) is 19.2. The molecule has 2 aromatic carbocycles. The van der Waals surface area contributed by atoms with Crippen LogP contribution in [0.2, 0.25) is 5.02 Å². The highest BCUT2D eigenvalue weighted by atomic mass is 35.5. The number of aromatic nitrogens is 3. The number of ether oxygens (including phenoxy) is 1. The van der Waals surface area contributed by atoms with Gasteiger partial charge in [-0.2, -0.15) is 0 Å². The summed E-state index contributed by atoms with van der Waals surface area (Å²) < 4.78 is 7.24. The smallest absolute Gasteiger partial charge is 0.234 e. The molecular weight excluding hydrogens is 450 g/mol. The van der Waals surface area contributed by atoms with E-state index in [-0.39, 0.29) is 17.6 Å². The summed E-state index contributed by atoms with van der Waals surface area (Å²) in [6, 6.07) is 12.5. The van der Waals surface area contributed by atoms with Gasteiger partial charge in [-0.05, 0) is 49.2 Å². The predicted molar refractivity (Wildman–Crippen MR) is 125 cm³/mol. The lowest BCUT2D eigenvalue weighted by Crippen LogP contribution is -2.15. The van der Waals surface area contributed by atoms with Gasteiger partial charge in [0.1, 0.15) is 11.6 Å². The third-order valence-corrected chi connectivity index (χ3v) is 5.96. The van der Waals surface area contributed by atoms with Crippen molar-refractivity contribution in [3.63, 3.8) is 0 Å². The monoisotopic (exact) mass is 471 g/mol. The van der Waals surface area contributed by atoms with Crippen LogP contribution in [0.15, 0.2) is 47.6 Å². The average Bonchev–Trinajstić information content (AvgIpc) is 3.51. The number of rotatable bonds is 8. The van der Waals surface area contributed by atoms with E-state index in [4.69, 9.17) is 16.3 Å². The zero-order chi connectivity index (χ0) is 22.7. The van der Waals surface area contributed by atoms with Crippen molar-refractivity contribution in [3.05, 3.63) is 53.3 Å². The van der Waals surface area contributed by atoms with Crippen molar-refractivity contribution in [1.82, 2.24) is 14.8 Å². The standard InChI is InChI=1S/C22H22ClN5O3S/c1-13(29)24-16-4-3-5-17(11-16)28-21(14-6-7-14)26-27-22(28)32-12-20(30)25-18-10-15(23)8-9-19(18)31-2/h3-5,8-11,14H,6-7,12H2,1-2H3,(H,24,29)(H,25,30). The number of carbonyl (C=O) groups is 2. The molecule has 166 valence electrons. The summed E-state index contributed by atoms with van der Waals surface area (Å²) in [5.74, 6) is 1.52. The number of nitrogens with one attached hydrogen (secondary N) is 2. The molecule has 1 fully saturated rings.